The molecule has 0 aromatic carbocycles. The molecule has 0 N–H and O–H groups in total. The van der Waals surface area contributed by atoms with Crippen molar-refractivity contribution in [2.24, 2.45) is 29.6 Å². The number of fused-ring (bicyclic) bond motifs is 2. The number of unbranched alkanes of at least 4 members (excludes halogenated alkanes) is 3. The fraction of sp³-hybridized carbons (Fsp3) is 0.952. The number of carbonyl (C=O) groups excluding carboxylic acids is 1. The first-order chi connectivity index (χ1) is 11.1. The van der Waals surface area contributed by atoms with Gasteiger partial charge in [-0.15, -0.1) is 0 Å². The Hall–Kier alpha value is -0.530. The highest BCUT2D eigenvalue weighted by atomic mass is 16.6. The zero-order valence-electron chi connectivity index (χ0n) is 15.5. The van der Waals surface area contributed by atoms with Gasteiger partial charge in [0.25, 0.3) is 0 Å². The summed E-state index contributed by atoms with van der Waals surface area (Å²) in [6, 6.07) is 0. The monoisotopic (exact) mass is 320 g/mol. The Morgan fingerprint density at radius 1 is 1.04 bits per heavy atom. The van der Waals surface area contributed by atoms with Crippen molar-refractivity contribution in [3.63, 3.8) is 0 Å². The molecular weight excluding hydrogens is 284 g/mol. The summed E-state index contributed by atoms with van der Waals surface area (Å²) in [6.45, 7) is 6.98. The maximum atomic E-state index is 12.9. The molecule has 0 amide bonds. The fourth-order valence-corrected chi connectivity index (χ4v) is 5.80. The molecule has 0 spiro atoms. The molecule has 2 nitrogen and oxygen atoms in total. The van der Waals surface area contributed by atoms with E-state index in [1.54, 1.807) is 0 Å². The second-order valence-corrected chi connectivity index (χ2v) is 8.84. The van der Waals surface area contributed by atoms with Crippen LogP contribution in [0.25, 0.3) is 0 Å². The normalized spacial score (nSPS) is 38.1. The summed E-state index contributed by atoms with van der Waals surface area (Å²) >= 11 is 0. The summed E-state index contributed by atoms with van der Waals surface area (Å²) in [7, 11) is 0. The van der Waals surface area contributed by atoms with Crippen LogP contribution >= 0.6 is 0 Å². The largest absolute Gasteiger partial charge is 0.459 e. The molecule has 2 heteroatoms. The highest BCUT2D eigenvalue weighted by molar-refractivity contribution is 5.74. The summed E-state index contributed by atoms with van der Waals surface area (Å²) in [5, 5.41) is 0. The van der Waals surface area contributed by atoms with Gasteiger partial charge in [-0.1, -0.05) is 40.0 Å². The van der Waals surface area contributed by atoms with Gasteiger partial charge in [-0.05, 0) is 75.0 Å². The summed E-state index contributed by atoms with van der Waals surface area (Å²) < 4.78 is 6.26. The lowest BCUT2D eigenvalue weighted by atomic mass is 9.75. The van der Waals surface area contributed by atoms with E-state index in [4.69, 9.17) is 4.74 Å². The Morgan fingerprint density at radius 2 is 1.78 bits per heavy atom. The standard InChI is InChI=1S/C21H36O2/c1-4-5-6-7-10-21(11-8-9-12-21)23-20(22)19-14-17-13-18(19)16(3)15(17)2/h15-19H,4-14H2,1-3H3. The summed E-state index contributed by atoms with van der Waals surface area (Å²) in [5.74, 6) is 3.25. The van der Waals surface area contributed by atoms with E-state index >= 15 is 0 Å². The molecule has 0 radical (unpaired) electrons. The second kappa shape index (κ2) is 7.15. The van der Waals surface area contributed by atoms with E-state index in [-0.39, 0.29) is 17.5 Å². The van der Waals surface area contributed by atoms with Gasteiger partial charge < -0.3 is 4.74 Å². The van der Waals surface area contributed by atoms with Crippen molar-refractivity contribution in [3.05, 3.63) is 0 Å². The summed E-state index contributed by atoms with van der Waals surface area (Å²) in [6.07, 6.45) is 13.3. The molecule has 23 heavy (non-hydrogen) atoms. The lowest BCUT2D eigenvalue weighted by Gasteiger charge is -2.35. The van der Waals surface area contributed by atoms with E-state index in [1.165, 1.54) is 44.9 Å². The quantitative estimate of drug-likeness (QED) is 0.441. The van der Waals surface area contributed by atoms with Crippen LogP contribution in [0, 0.1) is 29.6 Å². The van der Waals surface area contributed by atoms with Crippen LogP contribution in [0.15, 0.2) is 0 Å². The van der Waals surface area contributed by atoms with Crippen molar-refractivity contribution in [1.82, 2.24) is 0 Å². The average Bonchev–Trinajstić information content (AvgIpc) is 3.22. The van der Waals surface area contributed by atoms with Gasteiger partial charge in [-0.2, -0.15) is 0 Å². The maximum absolute atomic E-state index is 12.9. The Morgan fingerprint density at radius 3 is 2.39 bits per heavy atom. The van der Waals surface area contributed by atoms with Gasteiger partial charge in [0.05, 0.1) is 5.92 Å². The van der Waals surface area contributed by atoms with Gasteiger partial charge in [0.1, 0.15) is 5.60 Å². The van der Waals surface area contributed by atoms with Crippen LogP contribution < -0.4 is 0 Å². The molecule has 0 heterocycles. The first-order valence-electron chi connectivity index (χ1n) is 10.3. The smallest absolute Gasteiger partial charge is 0.309 e. The van der Waals surface area contributed by atoms with E-state index in [0.29, 0.717) is 11.8 Å². The van der Waals surface area contributed by atoms with E-state index in [1.807, 2.05) is 0 Å². The highest BCUT2D eigenvalue weighted by Crippen LogP contribution is 2.55. The molecule has 5 atom stereocenters. The van der Waals surface area contributed by atoms with Gasteiger partial charge in [0.15, 0.2) is 0 Å². The summed E-state index contributed by atoms with van der Waals surface area (Å²) in [4.78, 5) is 12.9. The van der Waals surface area contributed by atoms with Crippen molar-refractivity contribution >= 4 is 5.97 Å². The number of esters is 1. The molecule has 0 saturated heterocycles. The van der Waals surface area contributed by atoms with E-state index in [0.717, 1.165) is 37.5 Å². The number of hydrogen-bond donors (Lipinski definition) is 0. The minimum absolute atomic E-state index is 0.0957. The Labute approximate surface area is 142 Å². The molecular formula is C21H36O2. The fourth-order valence-electron chi connectivity index (χ4n) is 5.80. The van der Waals surface area contributed by atoms with Crippen LogP contribution in [0.3, 0.4) is 0 Å². The van der Waals surface area contributed by atoms with Crippen molar-refractivity contribution in [3.8, 4) is 0 Å². The third-order valence-corrected chi connectivity index (χ3v) is 7.52. The van der Waals surface area contributed by atoms with Crippen LogP contribution in [0.5, 0.6) is 0 Å². The van der Waals surface area contributed by atoms with Crippen LogP contribution in [-0.4, -0.2) is 11.6 Å². The third kappa shape index (κ3) is 3.46. The molecule has 5 unspecified atom stereocenters. The minimum Gasteiger partial charge on any atom is -0.459 e. The van der Waals surface area contributed by atoms with Crippen molar-refractivity contribution in [2.75, 3.05) is 0 Å². The van der Waals surface area contributed by atoms with Crippen LogP contribution in [-0.2, 0) is 9.53 Å². The lowest BCUT2D eigenvalue weighted by Crippen LogP contribution is -2.38. The van der Waals surface area contributed by atoms with Gasteiger partial charge in [0, 0.05) is 0 Å². The third-order valence-electron chi connectivity index (χ3n) is 7.52. The molecule has 2 bridgehead atoms. The number of ether oxygens (including phenoxy) is 1. The molecule has 3 fully saturated rings. The van der Waals surface area contributed by atoms with Crippen LogP contribution in [0.1, 0.15) is 91.4 Å². The predicted molar refractivity (Wildman–Crippen MR) is 94.1 cm³/mol. The molecule has 3 saturated carbocycles. The van der Waals surface area contributed by atoms with Gasteiger partial charge in [-0.3, -0.25) is 4.79 Å². The maximum Gasteiger partial charge on any atom is 0.309 e. The molecule has 3 aliphatic carbocycles. The van der Waals surface area contributed by atoms with E-state index < -0.39 is 0 Å². The van der Waals surface area contributed by atoms with Crippen LogP contribution in [0.4, 0.5) is 0 Å². The Balaban J connectivity index is 1.57. The van der Waals surface area contributed by atoms with Gasteiger partial charge in [-0.25, -0.2) is 0 Å². The van der Waals surface area contributed by atoms with Crippen molar-refractivity contribution in [1.29, 1.82) is 0 Å². The summed E-state index contributed by atoms with van der Waals surface area (Å²) in [5.41, 5.74) is -0.0957. The molecule has 3 rings (SSSR count). The number of rotatable bonds is 7. The molecule has 132 valence electrons. The zero-order valence-corrected chi connectivity index (χ0v) is 15.5. The number of hydrogen-bond acceptors (Lipinski definition) is 2. The van der Waals surface area contributed by atoms with Crippen LogP contribution in [0.2, 0.25) is 0 Å². The van der Waals surface area contributed by atoms with Crippen molar-refractivity contribution < 1.29 is 9.53 Å². The molecule has 0 aromatic heterocycles. The lowest BCUT2D eigenvalue weighted by molar-refractivity contribution is -0.168. The first kappa shape index (κ1) is 17.3. The SMILES string of the molecule is CCCCCCC1(OC(=O)C2CC3CC2C(C)C3C)CCCC1. The first-order valence-corrected chi connectivity index (χ1v) is 10.3. The highest BCUT2D eigenvalue weighted by Gasteiger charge is 2.52. The van der Waals surface area contributed by atoms with Crippen molar-refractivity contribution in [2.45, 2.75) is 97.0 Å². The molecule has 0 aromatic rings. The topological polar surface area (TPSA) is 26.3 Å². The Kier molecular flexibility index (Phi) is 5.38. The van der Waals surface area contributed by atoms with Gasteiger partial charge >= 0.3 is 5.97 Å². The molecule has 3 aliphatic rings. The number of carbonyl (C=O) groups is 1. The van der Waals surface area contributed by atoms with E-state index in [2.05, 4.69) is 20.8 Å². The Bertz CT molecular complexity index is 408. The predicted octanol–water partition coefficient (Wildman–Crippen LogP) is 5.74. The average molecular weight is 321 g/mol. The van der Waals surface area contributed by atoms with E-state index in [9.17, 15) is 4.79 Å². The second-order valence-electron chi connectivity index (χ2n) is 8.84. The zero-order chi connectivity index (χ0) is 16.4. The minimum atomic E-state index is -0.0957. The molecule has 0 aliphatic heterocycles. The van der Waals surface area contributed by atoms with Gasteiger partial charge in [0.2, 0.25) is 0 Å².